The van der Waals surface area contributed by atoms with E-state index in [9.17, 15) is 15.0 Å². The van der Waals surface area contributed by atoms with E-state index in [1.807, 2.05) is 0 Å². The van der Waals surface area contributed by atoms with E-state index in [2.05, 4.69) is 5.32 Å². The third kappa shape index (κ3) is 2.73. The molecule has 4 nitrogen and oxygen atoms in total. The number of carbonyl (C=O) groups is 1. The van der Waals surface area contributed by atoms with Gasteiger partial charge in [-0.3, -0.25) is 4.79 Å². The molecule has 0 radical (unpaired) electrons. The third-order valence-electron chi connectivity index (χ3n) is 2.31. The molecule has 18 heavy (non-hydrogen) atoms. The summed E-state index contributed by atoms with van der Waals surface area (Å²) in [4.78, 5) is 11.9. The number of phenolic OH excluding ortho intramolecular Hbond substituents is 2. The zero-order valence-corrected chi connectivity index (χ0v) is 9.98. The number of nitrogens with one attached hydrogen (secondary N) is 1. The van der Waals surface area contributed by atoms with Gasteiger partial charge in [-0.25, -0.2) is 0 Å². The highest BCUT2D eigenvalue weighted by Gasteiger charge is 2.09. The molecule has 0 unspecified atom stereocenters. The molecule has 2 aromatic carbocycles. The van der Waals surface area contributed by atoms with Crippen LogP contribution >= 0.6 is 11.6 Å². The molecule has 0 fully saturated rings. The summed E-state index contributed by atoms with van der Waals surface area (Å²) in [5, 5.41) is 21.3. The fourth-order valence-electron chi connectivity index (χ4n) is 1.45. The Morgan fingerprint density at radius 3 is 2.44 bits per heavy atom. The molecule has 0 aliphatic rings. The van der Waals surface area contributed by atoms with Crippen LogP contribution in [0.4, 0.5) is 5.69 Å². The van der Waals surface area contributed by atoms with Crippen LogP contribution in [0.2, 0.25) is 5.02 Å². The van der Waals surface area contributed by atoms with Crippen LogP contribution in [0.5, 0.6) is 11.5 Å². The Labute approximate surface area is 108 Å². The summed E-state index contributed by atoms with van der Waals surface area (Å²) >= 11 is 5.87. The monoisotopic (exact) mass is 263 g/mol. The number of phenols is 2. The topological polar surface area (TPSA) is 69.6 Å². The van der Waals surface area contributed by atoms with Gasteiger partial charge in [-0.1, -0.05) is 17.7 Å². The number of halogens is 1. The number of hydrogen-bond donors (Lipinski definition) is 3. The standard InChI is InChI=1S/C13H10ClNO3/c14-11-7-10(17)4-5-12(11)15-13(18)8-2-1-3-9(16)6-8/h1-7,16-17H,(H,15,18). The van der Waals surface area contributed by atoms with Crippen LogP contribution in [0.1, 0.15) is 10.4 Å². The molecule has 0 aromatic heterocycles. The van der Waals surface area contributed by atoms with Crippen LogP contribution in [-0.2, 0) is 0 Å². The number of benzene rings is 2. The molecule has 3 N–H and O–H groups in total. The van der Waals surface area contributed by atoms with Crippen LogP contribution in [-0.4, -0.2) is 16.1 Å². The Kier molecular flexibility index (Phi) is 3.39. The van der Waals surface area contributed by atoms with Crippen molar-refractivity contribution in [3.8, 4) is 11.5 Å². The number of hydrogen-bond acceptors (Lipinski definition) is 3. The minimum Gasteiger partial charge on any atom is -0.508 e. The lowest BCUT2D eigenvalue weighted by Crippen LogP contribution is -2.11. The lowest BCUT2D eigenvalue weighted by molar-refractivity contribution is 0.102. The van der Waals surface area contributed by atoms with Gasteiger partial charge in [0.1, 0.15) is 11.5 Å². The maximum absolute atomic E-state index is 11.9. The highest BCUT2D eigenvalue weighted by Crippen LogP contribution is 2.26. The average Bonchev–Trinajstić information content (AvgIpc) is 2.32. The number of carbonyl (C=O) groups excluding carboxylic acids is 1. The number of aromatic hydroxyl groups is 2. The van der Waals surface area contributed by atoms with Crippen molar-refractivity contribution in [1.29, 1.82) is 0 Å². The normalized spacial score (nSPS) is 10.1. The maximum atomic E-state index is 11.9. The molecule has 0 heterocycles. The van der Waals surface area contributed by atoms with Gasteiger partial charge in [-0.05, 0) is 30.3 Å². The van der Waals surface area contributed by atoms with Crippen molar-refractivity contribution in [3.63, 3.8) is 0 Å². The molecule has 2 rings (SSSR count). The highest BCUT2D eigenvalue weighted by atomic mass is 35.5. The van der Waals surface area contributed by atoms with Crippen molar-refractivity contribution in [3.05, 3.63) is 53.1 Å². The van der Waals surface area contributed by atoms with Crippen LogP contribution < -0.4 is 5.32 Å². The molecular weight excluding hydrogens is 254 g/mol. The number of anilines is 1. The Balaban J connectivity index is 2.21. The summed E-state index contributed by atoms with van der Waals surface area (Å²) in [6, 6.07) is 10.2. The van der Waals surface area contributed by atoms with E-state index < -0.39 is 5.91 Å². The van der Waals surface area contributed by atoms with Gasteiger partial charge < -0.3 is 15.5 Å². The second-order valence-electron chi connectivity index (χ2n) is 3.67. The van der Waals surface area contributed by atoms with E-state index >= 15 is 0 Å². The van der Waals surface area contributed by atoms with E-state index in [1.54, 1.807) is 12.1 Å². The van der Waals surface area contributed by atoms with Crippen molar-refractivity contribution in [2.24, 2.45) is 0 Å². The van der Waals surface area contributed by atoms with Crippen molar-refractivity contribution >= 4 is 23.2 Å². The Morgan fingerprint density at radius 2 is 1.78 bits per heavy atom. The second kappa shape index (κ2) is 4.98. The quantitative estimate of drug-likeness (QED) is 0.730. The molecule has 92 valence electrons. The van der Waals surface area contributed by atoms with Gasteiger partial charge in [-0.15, -0.1) is 0 Å². The first-order chi connectivity index (χ1) is 8.56. The fraction of sp³-hybridized carbons (Fsp3) is 0. The van der Waals surface area contributed by atoms with Gasteiger partial charge in [0.15, 0.2) is 0 Å². The lowest BCUT2D eigenvalue weighted by atomic mass is 10.2. The average molecular weight is 264 g/mol. The molecule has 2 aromatic rings. The van der Waals surface area contributed by atoms with Gasteiger partial charge in [0, 0.05) is 11.6 Å². The molecule has 0 aliphatic carbocycles. The molecule has 0 aliphatic heterocycles. The van der Waals surface area contributed by atoms with Crippen molar-refractivity contribution < 1.29 is 15.0 Å². The second-order valence-corrected chi connectivity index (χ2v) is 4.08. The summed E-state index contributed by atoms with van der Waals surface area (Å²) in [5.41, 5.74) is 0.710. The van der Waals surface area contributed by atoms with Crippen LogP contribution in [0.25, 0.3) is 0 Å². The number of rotatable bonds is 2. The summed E-state index contributed by atoms with van der Waals surface area (Å²) in [6.45, 7) is 0. The summed E-state index contributed by atoms with van der Waals surface area (Å²) in [7, 11) is 0. The maximum Gasteiger partial charge on any atom is 0.255 e. The van der Waals surface area contributed by atoms with Gasteiger partial charge in [-0.2, -0.15) is 0 Å². The first kappa shape index (κ1) is 12.3. The summed E-state index contributed by atoms with van der Waals surface area (Å²) in [5.74, 6) is -0.353. The zero-order valence-electron chi connectivity index (χ0n) is 9.22. The fourth-order valence-corrected chi connectivity index (χ4v) is 1.67. The first-order valence-electron chi connectivity index (χ1n) is 5.15. The molecule has 1 amide bonds. The van der Waals surface area contributed by atoms with E-state index in [0.29, 0.717) is 11.3 Å². The van der Waals surface area contributed by atoms with E-state index in [1.165, 1.54) is 30.3 Å². The third-order valence-corrected chi connectivity index (χ3v) is 2.62. The van der Waals surface area contributed by atoms with Crippen molar-refractivity contribution in [1.82, 2.24) is 0 Å². The minimum atomic E-state index is -0.390. The van der Waals surface area contributed by atoms with Crippen LogP contribution in [0.3, 0.4) is 0 Å². The summed E-state index contributed by atoms with van der Waals surface area (Å²) in [6.07, 6.45) is 0. The van der Waals surface area contributed by atoms with E-state index in [-0.39, 0.29) is 16.5 Å². The van der Waals surface area contributed by atoms with Gasteiger partial charge in [0.25, 0.3) is 5.91 Å². The molecule has 0 atom stereocenters. The molecule has 0 saturated carbocycles. The SMILES string of the molecule is O=C(Nc1ccc(O)cc1Cl)c1cccc(O)c1. The van der Waals surface area contributed by atoms with Gasteiger partial charge >= 0.3 is 0 Å². The summed E-state index contributed by atoms with van der Waals surface area (Å²) < 4.78 is 0. The Hall–Kier alpha value is -2.20. The van der Waals surface area contributed by atoms with E-state index in [4.69, 9.17) is 11.6 Å². The molecule has 0 bridgehead atoms. The smallest absolute Gasteiger partial charge is 0.255 e. The van der Waals surface area contributed by atoms with Crippen molar-refractivity contribution in [2.75, 3.05) is 5.32 Å². The first-order valence-corrected chi connectivity index (χ1v) is 5.53. The highest BCUT2D eigenvalue weighted by molar-refractivity contribution is 6.34. The van der Waals surface area contributed by atoms with Crippen molar-refractivity contribution in [2.45, 2.75) is 0 Å². The largest absolute Gasteiger partial charge is 0.508 e. The number of amides is 1. The predicted octanol–water partition coefficient (Wildman–Crippen LogP) is 3.00. The Morgan fingerprint density at radius 1 is 1.06 bits per heavy atom. The zero-order chi connectivity index (χ0) is 13.1. The predicted molar refractivity (Wildman–Crippen MR) is 69.2 cm³/mol. The lowest BCUT2D eigenvalue weighted by Gasteiger charge is -2.07. The molecule has 0 spiro atoms. The molecular formula is C13H10ClNO3. The van der Waals surface area contributed by atoms with Gasteiger partial charge in [0.05, 0.1) is 10.7 Å². The van der Waals surface area contributed by atoms with E-state index in [0.717, 1.165) is 0 Å². The molecule has 5 heteroatoms. The Bertz CT molecular complexity index is 599. The minimum absolute atomic E-state index is 0.0134. The van der Waals surface area contributed by atoms with Crippen LogP contribution in [0, 0.1) is 0 Å². The molecule has 0 saturated heterocycles. The van der Waals surface area contributed by atoms with Crippen LogP contribution in [0.15, 0.2) is 42.5 Å². The van der Waals surface area contributed by atoms with Gasteiger partial charge in [0.2, 0.25) is 0 Å².